The maximum atomic E-state index is 10.4. The monoisotopic (exact) mass is 200 g/mol. The fourth-order valence-corrected chi connectivity index (χ4v) is 1.03. The highest BCUT2D eigenvalue weighted by molar-refractivity contribution is 5.73. The van der Waals surface area contributed by atoms with Gasteiger partial charge in [0.15, 0.2) is 6.29 Å². The van der Waals surface area contributed by atoms with Gasteiger partial charge in [-0.1, -0.05) is 0 Å². The number of nitrogens with zero attached hydrogens (tertiary/aromatic N) is 3. The summed E-state index contributed by atoms with van der Waals surface area (Å²) in [6.07, 6.45) is 6.96. The normalized spacial score (nSPS) is 9.60. The lowest BCUT2D eigenvalue weighted by Crippen LogP contribution is -1.97. The van der Waals surface area contributed by atoms with Crippen LogP contribution in [-0.2, 0) is 0 Å². The Kier molecular flexibility index (Phi) is 2.64. The van der Waals surface area contributed by atoms with Gasteiger partial charge in [0.2, 0.25) is 5.95 Å². The third-order valence-electron chi connectivity index (χ3n) is 1.73. The molecule has 0 radical (unpaired) electrons. The first-order chi connectivity index (χ1) is 7.38. The molecule has 0 spiro atoms. The van der Waals surface area contributed by atoms with E-state index in [-0.39, 0.29) is 0 Å². The molecule has 15 heavy (non-hydrogen) atoms. The lowest BCUT2D eigenvalue weighted by Gasteiger charge is -2.02. The summed E-state index contributed by atoms with van der Waals surface area (Å²) in [5, 5.41) is 2.95. The molecule has 2 aromatic rings. The molecule has 0 amide bonds. The summed E-state index contributed by atoms with van der Waals surface area (Å²) in [5.74, 6) is 0.439. The third kappa shape index (κ3) is 2.34. The summed E-state index contributed by atoms with van der Waals surface area (Å²) in [5.41, 5.74) is 1.25. The minimum absolute atomic E-state index is 0.439. The number of nitrogens with one attached hydrogen (secondary N) is 1. The molecule has 2 rings (SSSR count). The Hall–Kier alpha value is -2.30. The van der Waals surface area contributed by atoms with Crippen LogP contribution in [0.15, 0.2) is 36.9 Å². The minimum Gasteiger partial charge on any atom is -0.323 e. The molecular formula is C10H8N4O. The average Bonchev–Trinajstić information content (AvgIpc) is 2.31. The summed E-state index contributed by atoms with van der Waals surface area (Å²) < 4.78 is 0. The van der Waals surface area contributed by atoms with E-state index in [1.807, 2.05) is 12.1 Å². The van der Waals surface area contributed by atoms with Crippen LogP contribution in [0.2, 0.25) is 0 Å². The van der Waals surface area contributed by atoms with Gasteiger partial charge in [-0.05, 0) is 12.1 Å². The summed E-state index contributed by atoms with van der Waals surface area (Å²) in [4.78, 5) is 22.2. The third-order valence-corrected chi connectivity index (χ3v) is 1.73. The highest BCUT2D eigenvalue weighted by Crippen LogP contribution is 2.09. The summed E-state index contributed by atoms with van der Waals surface area (Å²) in [7, 11) is 0. The smallest absolute Gasteiger partial charge is 0.227 e. The van der Waals surface area contributed by atoms with Crippen molar-refractivity contribution in [1.29, 1.82) is 0 Å². The lowest BCUT2D eigenvalue weighted by molar-refractivity contribution is 0.112. The molecule has 0 aromatic carbocycles. The van der Waals surface area contributed by atoms with Crippen molar-refractivity contribution in [2.24, 2.45) is 0 Å². The molecule has 0 bridgehead atoms. The topological polar surface area (TPSA) is 67.8 Å². The van der Waals surface area contributed by atoms with Crippen molar-refractivity contribution >= 4 is 17.9 Å². The zero-order valence-electron chi connectivity index (χ0n) is 7.79. The number of rotatable bonds is 3. The molecule has 0 aliphatic rings. The first-order valence-electron chi connectivity index (χ1n) is 4.33. The molecule has 0 aliphatic carbocycles. The van der Waals surface area contributed by atoms with Gasteiger partial charge in [0.25, 0.3) is 0 Å². The van der Waals surface area contributed by atoms with Crippen molar-refractivity contribution in [2.75, 3.05) is 5.32 Å². The maximum Gasteiger partial charge on any atom is 0.227 e. The second-order valence-electron chi connectivity index (χ2n) is 2.82. The van der Waals surface area contributed by atoms with Crippen LogP contribution in [0.5, 0.6) is 0 Å². The fraction of sp³-hybridized carbons (Fsp3) is 0. The number of aldehydes is 1. The zero-order chi connectivity index (χ0) is 10.5. The molecule has 0 saturated carbocycles. The van der Waals surface area contributed by atoms with E-state index in [1.165, 1.54) is 12.4 Å². The van der Waals surface area contributed by atoms with E-state index in [1.54, 1.807) is 12.4 Å². The quantitative estimate of drug-likeness (QED) is 0.759. The number of anilines is 2. The highest BCUT2D eigenvalue weighted by Gasteiger charge is 1.97. The SMILES string of the molecule is O=Cc1cnc(Nc2cccnc2)nc1. The van der Waals surface area contributed by atoms with E-state index in [4.69, 9.17) is 0 Å². The molecule has 5 heteroatoms. The van der Waals surface area contributed by atoms with Gasteiger partial charge < -0.3 is 5.32 Å². The highest BCUT2D eigenvalue weighted by atomic mass is 16.1. The fourth-order valence-electron chi connectivity index (χ4n) is 1.03. The van der Waals surface area contributed by atoms with E-state index < -0.39 is 0 Å². The van der Waals surface area contributed by atoms with Crippen molar-refractivity contribution in [1.82, 2.24) is 15.0 Å². The second kappa shape index (κ2) is 4.28. The van der Waals surface area contributed by atoms with Crippen LogP contribution in [-0.4, -0.2) is 21.2 Å². The second-order valence-corrected chi connectivity index (χ2v) is 2.82. The summed E-state index contributed by atoms with van der Waals surface area (Å²) >= 11 is 0. The predicted molar refractivity (Wildman–Crippen MR) is 54.9 cm³/mol. The summed E-state index contributed by atoms with van der Waals surface area (Å²) in [6.45, 7) is 0. The molecule has 0 fully saturated rings. The van der Waals surface area contributed by atoms with Crippen LogP contribution >= 0.6 is 0 Å². The molecule has 0 saturated heterocycles. The number of pyridine rings is 1. The molecular weight excluding hydrogens is 192 g/mol. The van der Waals surface area contributed by atoms with Crippen molar-refractivity contribution in [3.05, 3.63) is 42.5 Å². The van der Waals surface area contributed by atoms with E-state index >= 15 is 0 Å². The van der Waals surface area contributed by atoms with Gasteiger partial charge in [0.1, 0.15) is 0 Å². The van der Waals surface area contributed by atoms with Gasteiger partial charge in [-0.25, -0.2) is 9.97 Å². The minimum atomic E-state index is 0.439. The largest absolute Gasteiger partial charge is 0.323 e. The van der Waals surface area contributed by atoms with Gasteiger partial charge in [-0.15, -0.1) is 0 Å². The maximum absolute atomic E-state index is 10.4. The molecule has 74 valence electrons. The first kappa shape index (κ1) is 9.26. The van der Waals surface area contributed by atoms with Crippen LogP contribution in [0.3, 0.4) is 0 Å². The van der Waals surface area contributed by atoms with Gasteiger partial charge in [-0.3, -0.25) is 9.78 Å². The number of hydrogen-bond donors (Lipinski definition) is 1. The van der Waals surface area contributed by atoms with Gasteiger partial charge in [-0.2, -0.15) is 0 Å². The van der Waals surface area contributed by atoms with Crippen molar-refractivity contribution in [3.63, 3.8) is 0 Å². The van der Waals surface area contributed by atoms with Gasteiger partial charge in [0, 0.05) is 18.6 Å². The Balaban J connectivity index is 2.15. The molecule has 2 heterocycles. The molecule has 5 nitrogen and oxygen atoms in total. The van der Waals surface area contributed by atoms with Gasteiger partial charge in [0.05, 0.1) is 17.4 Å². The Morgan fingerprint density at radius 1 is 1.20 bits per heavy atom. The average molecular weight is 200 g/mol. The molecule has 0 aliphatic heterocycles. The van der Waals surface area contributed by atoms with Crippen LogP contribution in [0.4, 0.5) is 11.6 Å². The van der Waals surface area contributed by atoms with Crippen molar-refractivity contribution < 1.29 is 4.79 Å². The Bertz CT molecular complexity index is 441. The standard InChI is InChI=1S/C10H8N4O/c15-7-8-4-12-10(13-5-8)14-9-2-1-3-11-6-9/h1-7H,(H,12,13,14). The van der Waals surface area contributed by atoms with E-state index in [0.717, 1.165) is 5.69 Å². The van der Waals surface area contributed by atoms with E-state index in [0.29, 0.717) is 17.8 Å². The van der Waals surface area contributed by atoms with Crippen LogP contribution < -0.4 is 5.32 Å². The number of carbonyl (C=O) groups is 1. The van der Waals surface area contributed by atoms with Crippen molar-refractivity contribution in [2.45, 2.75) is 0 Å². The molecule has 2 aromatic heterocycles. The Morgan fingerprint density at radius 3 is 2.60 bits per heavy atom. The Labute approximate surface area is 86.2 Å². The summed E-state index contributed by atoms with van der Waals surface area (Å²) in [6, 6.07) is 3.66. The molecule has 1 N–H and O–H groups in total. The van der Waals surface area contributed by atoms with E-state index in [2.05, 4.69) is 20.3 Å². The van der Waals surface area contributed by atoms with Gasteiger partial charge >= 0.3 is 0 Å². The van der Waals surface area contributed by atoms with Crippen molar-refractivity contribution in [3.8, 4) is 0 Å². The number of aromatic nitrogens is 3. The molecule has 0 unspecified atom stereocenters. The van der Waals surface area contributed by atoms with Crippen LogP contribution in [0, 0.1) is 0 Å². The Morgan fingerprint density at radius 2 is 2.00 bits per heavy atom. The van der Waals surface area contributed by atoms with Crippen LogP contribution in [0.1, 0.15) is 10.4 Å². The lowest BCUT2D eigenvalue weighted by atomic mass is 10.4. The first-order valence-corrected chi connectivity index (χ1v) is 4.33. The van der Waals surface area contributed by atoms with E-state index in [9.17, 15) is 4.79 Å². The zero-order valence-corrected chi connectivity index (χ0v) is 7.79. The number of carbonyl (C=O) groups excluding carboxylic acids is 1. The predicted octanol–water partition coefficient (Wildman–Crippen LogP) is 1.43. The molecule has 0 atom stereocenters. The number of hydrogen-bond acceptors (Lipinski definition) is 5. The van der Waals surface area contributed by atoms with Crippen LogP contribution in [0.25, 0.3) is 0 Å².